The number of rotatable bonds is 7. The maximum absolute atomic E-state index is 8.75. The quantitative estimate of drug-likeness (QED) is 0.408. The average molecular weight is 311 g/mol. The summed E-state index contributed by atoms with van der Waals surface area (Å²) in [5, 5.41) is 23.9. The van der Waals surface area contributed by atoms with E-state index in [1.165, 1.54) is 0 Å². The fourth-order valence-corrected chi connectivity index (χ4v) is 1.82. The molecule has 8 heteroatoms. The van der Waals surface area contributed by atoms with Crippen LogP contribution in [0.15, 0.2) is 41.6 Å². The second kappa shape index (κ2) is 7.61. The highest BCUT2D eigenvalue weighted by molar-refractivity contribution is 6.45. The van der Waals surface area contributed by atoms with E-state index in [-0.39, 0.29) is 11.5 Å². The fourth-order valence-electron chi connectivity index (χ4n) is 1.82. The zero-order valence-corrected chi connectivity index (χ0v) is 12.7. The van der Waals surface area contributed by atoms with Gasteiger partial charge in [0.1, 0.15) is 18.4 Å². The van der Waals surface area contributed by atoms with Gasteiger partial charge < -0.3 is 10.5 Å². The lowest BCUT2D eigenvalue weighted by Crippen LogP contribution is -2.21. The van der Waals surface area contributed by atoms with Crippen molar-refractivity contribution in [1.29, 1.82) is 10.7 Å². The summed E-state index contributed by atoms with van der Waals surface area (Å²) >= 11 is 0. The molecular weight excluding hydrogens is 294 g/mol. The largest absolute Gasteiger partial charge is 0.487 e. The topological polar surface area (TPSA) is 125 Å². The van der Waals surface area contributed by atoms with Crippen molar-refractivity contribution >= 4 is 17.2 Å². The SMILES string of the molecule is CCn1nccc1COc1ccc(N/N=C(\C#N)C(=N)N)cc1. The minimum absolute atomic E-state index is 0.168. The number of hydrogen-bond donors (Lipinski definition) is 3. The van der Waals surface area contributed by atoms with E-state index in [0.717, 1.165) is 12.2 Å². The van der Waals surface area contributed by atoms with Gasteiger partial charge in [0.25, 0.3) is 0 Å². The third-order valence-electron chi connectivity index (χ3n) is 3.00. The van der Waals surface area contributed by atoms with E-state index in [2.05, 4.69) is 15.6 Å². The molecule has 1 aromatic heterocycles. The van der Waals surface area contributed by atoms with Gasteiger partial charge in [-0.2, -0.15) is 15.5 Å². The summed E-state index contributed by atoms with van der Waals surface area (Å²) in [5.74, 6) is 0.322. The van der Waals surface area contributed by atoms with Crippen molar-refractivity contribution in [2.24, 2.45) is 10.8 Å². The summed E-state index contributed by atoms with van der Waals surface area (Å²) in [6.07, 6.45) is 1.75. The first-order chi connectivity index (χ1) is 11.1. The van der Waals surface area contributed by atoms with Gasteiger partial charge in [-0.1, -0.05) is 0 Å². The second-order valence-electron chi connectivity index (χ2n) is 4.55. The molecule has 0 unspecified atom stereocenters. The molecule has 2 aromatic rings. The molecule has 8 nitrogen and oxygen atoms in total. The van der Waals surface area contributed by atoms with E-state index in [1.54, 1.807) is 36.5 Å². The number of anilines is 1. The van der Waals surface area contributed by atoms with Crippen LogP contribution in [-0.2, 0) is 13.2 Å². The molecular formula is C15H17N7O. The van der Waals surface area contributed by atoms with Crippen molar-refractivity contribution in [2.75, 3.05) is 5.43 Å². The van der Waals surface area contributed by atoms with Gasteiger partial charge in [-0.15, -0.1) is 0 Å². The highest BCUT2D eigenvalue weighted by atomic mass is 16.5. The molecule has 0 saturated carbocycles. The lowest BCUT2D eigenvalue weighted by Gasteiger charge is -2.08. The molecule has 0 bridgehead atoms. The predicted molar refractivity (Wildman–Crippen MR) is 87.3 cm³/mol. The molecule has 0 saturated heterocycles. The Balaban J connectivity index is 1.95. The first-order valence-corrected chi connectivity index (χ1v) is 6.95. The van der Waals surface area contributed by atoms with Gasteiger partial charge in [-0.3, -0.25) is 15.5 Å². The standard InChI is InChI=1S/C15H17N7O/c1-2-22-12(7-8-19-22)10-23-13-5-3-11(4-6-13)20-21-14(9-16)15(17)18/h3-8,20H,2,10H2,1H3,(H3,17,18)/b21-14+. The van der Waals surface area contributed by atoms with E-state index in [1.807, 2.05) is 17.7 Å². The minimum Gasteiger partial charge on any atom is -0.487 e. The minimum atomic E-state index is -0.382. The van der Waals surface area contributed by atoms with Gasteiger partial charge in [0.05, 0.1) is 11.4 Å². The maximum Gasteiger partial charge on any atom is 0.201 e. The molecule has 4 N–H and O–H groups in total. The third-order valence-corrected chi connectivity index (χ3v) is 3.00. The van der Waals surface area contributed by atoms with Gasteiger partial charge in [0.2, 0.25) is 5.71 Å². The van der Waals surface area contributed by atoms with Gasteiger partial charge in [0.15, 0.2) is 5.84 Å². The Bertz CT molecular complexity index is 740. The van der Waals surface area contributed by atoms with E-state index >= 15 is 0 Å². The van der Waals surface area contributed by atoms with Crippen LogP contribution in [0, 0.1) is 16.7 Å². The summed E-state index contributed by atoms with van der Waals surface area (Å²) in [4.78, 5) is 0. The number of amidine groups is 1. The number of hydrogen-bond acceptors (Lipinski definition) is 6. The molecule has 0 radical (unpaired) electrons. The van der Waals surface area contributed by atoms with Crippen LogP contribution in [0.2, 0.25) is 0 Å². The van der Waals surface area contributed by atoms with E-state index in [0.29, 0.717) is 18.0 Å². The Hall–Kier alpha value is -3.34. The Morgan fingerprint density at radius 3 is 2.78 bits per heavy atom. The van der Waals surface area contributed by atoms with Crippen LogP contribution in [0.3, 0.4) is 0 Å². The predicted octanol–water partition coefficient (Wildman–Crippen LogP) is 1.71. The zero-order valence-electron chi connectivity index (χ0n) is 12.7. The number of ether oxygens (including phenoxy) is 1. The molecule has 0 fully saturated rings. The zero-order chi connectivity index (χ0) is 16.7. The molecule has 0 aliphatic carbocycles. The lowest BCUT2D eigenvalue weighted by atomic mass is 10.3. The smallest absolute Gasteiger partial charge is 0.201 e. The molecule has 0 spiro atoms. The van der Waals surface area contributed by atoms with Gasteiger partial charge in [0, 0.05) is 12.7 Å². The number of aromatic nitrogens is 2. The van der Waals surface area contributed by atoms with Crippen LogP contribution in [0.5, 0.6) is 5.75 Å². The van der Waals surface area contributed by atoms with Crippen LogP contribution in [0.1, 0.15) is 12.6 Å². The number of nitriles is 1. The second-order valence-corrected chi connectivity index (χ2v) is 4.55. The van der Waals surface area contributed by atoms with Crippen LogP contribution >= 0.6 is 0 Å². The molecule has 0 atom stereocenters. The summed E-state index contributed by atoms with van der Waals surface area (Å²) in [5.41, 5.74) is 9.36. The van der Waals surface area contributed by atoms with Crippen LogP contribution in [0.4, 0.5) is 5.69 Å². The van der Waals surface area contributed by atoms with E-state index < -0.39 is 0 Å². The Morgan fingerprint density at radius 1 is 1.43 bits per heavy atom. The van der Waals surface area contributed by atoms with Crippen molar-refractivity contribution in [3.05, 3.63) is 42.2 Å². The number of benzene rings is 1. The summed E-state index contributed by atoms with van der Waals surface area (Å²) in [6, 6.07) is 10.7. The number of aryl methyl sites for hydroxylation is 1. The highest BCUT2D eigenvalue weighted by Crippen LogP contribution is 2.17. The average Bonchev–Trinajstić information content (AvgIpc) is 3.02. The van der Waals surface area contributed by atoms with Crippen molar-refractivity contribution in [3.63, 3.8) is 0 Å². The monoisotopic (exact) mass is 311 g/mol. The summed E-state index contributed by atoms with van der Waals surface area (Å²) in [7, 11) is 0. The Labute approximate surface area is 133 Å². The summed E-state index contributed by atoms with van der Waals surface area (Å²) in [6.45, 7) is 3.25. The summed E-state index contributed by atoms with van der Waals surface area (Å²) < 4.78 is 7.57. The van der Waals surface area contributed by atoms with Gasteiger partial charge in [-0.05, 0) is 37.3 Å². The highest BCUT2D eigenvalue weighted by Gasteiger charge is 2.03. The molecule has 23 heavy (non-hydrogen) atoms. The third kappa shape index (κ3) is 4.31. The van der Waals surface area contributed by atoms with E-state index in [4.69, 9.17) is 21.1 Å². The molecule has 0 aliphatic heterocycles. The molecule has 1 aromatic carbocycles. The Kier molecular flexibility index (Phi) is 5.30. The van der Waals surface area contributed by atoms with Crippen molar-refractivity contribution in [3.8, 4) is 11.8 Å². The molecule has 118 valence electrons. The number of nitrogens with zero attached hydrogens (tertiary/aromatic N) is 4. The van der Waals surface area contributed by atoms with Gasteiger partial charge in [-0.25, -0.2) is 0 Å². The fraction of sp³-hybridized carbons (Fsp3) is 0.200. The number of nitrogens with one attached hydrogen (secondary N) is 2. The van der Waals surface area contributed by atoms with Crippen molar-refractivity contribution in [1.82, 2.24) is 9.78 Å². The first-order valence-electron chi connectivity index (χ1n) is 6.95. The van der Waals surface area contributed by atoms with Gasteiger partial charge >= 0.3 is 0 Å². The lowest BCUT2D eigenvalue weighted by molar-refractivity contribution is 0.292. The normalized spacial score (nSPS) is 10.9. The van der Waals surface area contributed by atoms with E-state index in [9.17, 15) is 0 Å². The van der Waals surface area contributed by atoms with Crippen LogP contribution in [-0.4, -0.2) is 21.3 Å². The van der Waals surface area contributed by atoms with Crippen molar-refractivity contribution in [2.45, 2.75) is 20.1 Å². The Morgan fingerprint density at radius 2 is 2.17 bits per heavy atom. The molecule has 1 heterocycles. The maximum atomic E-state index is 8.75. The number of hydrazone groups is 1. The first kappa shape index (κ1) is 16.0. The molecule has 0 aliphatic rings. The number of nitrogens with two attached hydrogens (primary N) is 1. The molecule has 2 rings (SSSR count). The molecule has 0 amide bonds. The van der Waals surface area contributed by atoms with Crippen LogP contribution < -0.4 is 15.9 Å². The van der Waals surface area contributed by atoms with Crippen LogP contribution in [0.25, 0.3) is 0 Å². The van der Waals surface area contributed by atoms with Crippen molar-refractivity contribution < 1.29 is 4.74 Å².